The summed E-state index contributed by atoms with van der Waals surface area (Å²) in [6.45, 7) is 1.90. The third-order valence-corrected chi connectivity index (χ3v) is 3.95. The summed E-state index contributed by atoms with van der Waals surface area (Å²) in [6.07, 6.45) is -1.71. The first-order valence-corrected chi connectivity index (χ1v) is 6.03. The number of carbonyl (C=O) groups excluding carboxylic acids is 1. The zero-order chi connectivity index (χ0) is 13.4. The zero-order valence-corrected chi connectivity index (χ0v) is 11.1. The van der Waals surface area contributed by atoms with Crippen molar-refractivity contribution in [3.63, 3.8) is 0 Å². The summed E-state index contributed by atoms with van der Waals surface area (Å²) in [5.74, 6) is -6.29. The maximum atomic E-state index is 13.0. The molecule has 1 N–H and O–H groups in total. The topological polar surface area (TPSA) is 32.3 Å². The second-order valence-corrected chi connectivity index (χ2v) is 5.15. The Hall–Kier alpha value is -0.560. The van der Waals surface area contributed by atoms with Gasteiger partial charge in [0, 0.05) is 13.1 Å². The molecule has 0 saturated carbocycles. The molecule has 0 unspecified atom stereocenters. The van der Waals surface area contributed by atoms with E-state index in [9.17, 15) is 22.4 Å². The number of rotatable bonds is 2. The molecule has 3 nitrogen and oxygen atoms in total. The van der Waals surface area contributed by atoms with Crippen LogP contribution < -0.4 is 5.32 Å². The molecule has 8 heteroatoms. The summed E-state index contributed by atoms with van der Waals surface area (Å²) in [6, 6.07) is 0. The van der Waals surface area contributed by atoms with Gasteiger partial charge in [-0.25, -0.2) is 8.78 Å². The third kappa shape index (κ3) is 3.13. The van der Waals surface area contributed by atoms with Crippen molar-refractivity contribution in [3.05, 3.63) is 0 Å². The van der Waals surface area contributed by atoms with Crippen molar-refractivity contribution < 1.29 is 22.4 Å². The Balaban J connectivity index is 0.00000180. The highest BCUT2D eigenvalue weighted by Gasteiger charge is 2.53. The predicted molar refractivity (Wildman–Crippen MR) is 63.9 cm³/mol. The molecule has 0 aliphatic carbocycles. The van der Waals surface area contributed by atoms with E-state index in [2.05, 4.69) is 5.32 Å². The Labute approximate surface area is 115 Å². The van der Waals surface area contributed by atoms with Crippen LogP contribution in [0.3, 0.4) is 0 Å². The molecule has 1 amide bonds. The number of nitrogens with zero attached hydrogens (tertiary/aromatic N) is 1. The fourth-order valence-corrected chi connectivity index (χ4v) is 2.78. The molecule has 2 fully saturated rings. The number of piperidine rings is 1. The molecule has 0 aromatic rings. The van der Waals surface area contributed by atoms with Crippen LogP contribution in [0.4, 0.5) is 17.6 Å². The van der Waals surface area contributed by atoms with Gasteiger partial charge in [-0.3, -0.25) is 4.79 Å². The standard InChI is InChI=1S/C11H16F4N2O.ClH/c12-8(13)11(14,15)9(18)17-6-3-10(7-17)1-4-16-5-2-10;/h8,16H,1-7H2;1H. The zero-order valence-electron chi connectivity index (χ0n) is 10.3. The van der Waals surface area contributed by atoms with Gasteiger partial charge in [-0.05, 0) is 37.8 Å². The van der Waals surface area contributed by atoms with Crippen molar-refractivity contribution in [2.75, 3.05) is 26.2 Å². The van der Waals surface area contributed by atoms with Crippen LogP contribution in [0.5, 0.6) is 0 Å². The summed E-state index contributed by atoms with van der Waals surface area (Å²) >= 11 is 0. The first kappa shape index (κ1) is 16.5. The average molecular weight is 305 g/mol. The van der Waals surface area contributed by atoms with Gasteiger partial charge in [0.05, 0.1) is 0 Å². The molecular weight excluding hydrogens is 288 g/mol. The average Bonchev–Trinajstić information content (AvgIpc) is 2.72. The van der Waals surface area contributed by atoms with E-state index in [1.165, 1.54) is 0 Å². The lowest BCUT2D eigenvalue weighted by Crippen LogP contribution is -2.48. The summed E-state index contributed by atoms with van der Waals surface area (Å²) < 4.78 is 50.3. The molecular formula is C11H17ClF4N2O. The molecule has 2 saturated heterocycles. The lowest BCUT2D eigenvalue weighted by molar-refractivity contribution is -0.180. The number of nitrogens with one attached hydrogen (secondary N) is 1. The SMILES string of the molecule is Cl.O=C(N1CCC2(CCNCC2)C1)C(F)(F)C(F)F. The van der Waals surface area contributed by atoms with Crippen molar-refractivity contribution in [2.24, 2.45) is 5.41 Å². The fraction of sp³-hybridized carbons (Fsp3) is 0.909. The van der Waals surface area contributed by atoms with E-state index >= 15 is 0 Å². The molecule has 112 valence electrons. The number of amides is 1. The molecule has 0 atom stereocenters. The summed E-state index contributed by atoms with van der Waals surface area (Å²) in [7, 11) is 0. The Morgan fingerprint density at radius 3 is 2.32 bits per heavy atom. The third-order valence-electron chi connectivity index (χ3n) is 3.95. The number of carbonyl (C=O) groups is 1. The number of hydrogen-bond donors (Lipinski definition) is 1. The van der Waals surface area contributed by atoms with Gasteiger partial charge in [0.2, 0.25) is 0 Å². The summed E-state index contributed by atoms with van der Waals surface area (Å²) in [5, 5.41) is 3.16. The molecule has 1 spiro atoms. The minimum atomic E-state index is -4.56. The highest BCUT2D eigenvalue weighted by Crippen LogP contribution is 2.40. The summed E-state index contributed by atoms with van der Waals surface area (Å²) in [4.78, 5) is 12.3. The Morgan fingerprint density at radius 1 is 1.21 bits per heavy atom. The van der Waals surface area contributed by atoms with Crippen molar-refractivity contribution in [2.45, 2.75) is 31.6 Å². The maximum absolute atomic E-state index is 13.0. The molecule has 2 aliphatic heterocycles. The molecule has 0 aromatic carbocycles. The van der Waals surface area contributed by atoms with E-state index in [0.717, 1.165) is 30.8 Å². The lowest BCUT2D eigenvalue weighted by atomic mass is 9.78. The quantitative estimate of drug-likeness (QED) is 0.791. The van der Waals surface area contributed by atoms with E-state index in [1.54, 1.807) is 0 Å². The maximum Gasteiger partial charge on any atom is 0.383 e. The first-order valence-electron chi connectivity index (χ1n) is 6.03. The van der Waals surface area contributed by atoms with Crippen LogP contribution in [-0.4, -0.2) is 49.3 Å². The van der Waals surface area contributed by atoms with E-state index in [0.29, 0.717) is 6.42 Å². The van der Waals surface area contributed by atoms with E-state index in [1.807, 2.05) is 0 Å². The Bertz CT molecular complexity index is 335. The minimum absolute atomic E-state index is 0. The highest BCUT2D eigenvalue weighted by molar-refractivity contribution is 5.85. The molecule has 2 rings (SSSR count). The number of halogens is 5. The van der Waals surface area contributed by atoms with Gasteiger partial charge in [0.1, 0.15) is 0 Å². The van der Waals surface area contributed by atoms with E-state index < -0.39 is 18.3 Å². The van der Waals surface area contributed by atoms with Crippen LogP contribution in [0.25, 0.3) is 0 Å². The van der Waals surface area contributed by atoms with Crippen molar-refractivity contribution in [3.8, 4) is 0 Å². The smallest absolute Gasteiger partial charge is 0.337 e. The number of likely N-dealkylation sites (tertiary alicyclic amines) is 1. The van der Waals surface area contributed by atoms with Gasteiger partial charge >= 0.3 is 12.3 Å². The van der Waals surface area contributed by atoms with Gasteiger partial charge in [0.25, 0.3) is 5.91 Å². The van der Waals surface area contributed by atoms with Crippen LogP contribution in [0.15, 0.2) is 0 Å². The van der Waals surface area contributed by atoms with Crippen LogP contribution in [0, 0.1) is 5.41 Å². The monoisotopic (exact) mass is 304 g/mol. The minimum Gasteiger partial charge on any atom is -0.337 e. The van der Waals surface area contributed by atoms with E-state index in [-0.39, 0.29) is 30.9 Å². The number of alkyl halides is 4. The van der Waals surface area contributed by atoms with Gasteiger partial charge < -0.3 is 10.2 Å². The van der Waals surface area contributed by atoms with Gasteiger partial charge in [-0.1, -0.05) is 0 Å². The molecule has 0 aromatic heterocycles. The Morgan fingerprint density at radius 2 is 1.79 bits per heavy atom. The number of hydrogen-bond acceptors (Lipinski definition) is 2. The molecule has 2 heterocycles. The lowest BCUT2D eigenvalue weighted by Gasteiger charge is -2.34. The van der Waals surface area contributed by atoms with E-state index in [4.69, 9.17) is 0 Å². The Kier molecular flexibility index (Phi) is 5.06. The van der Waals surface area contributed by atoms with Crippen molar-refractivity contribution >= 4 is 18.3 Å². The van der Waals surface area contributed by atoms with Crippen LogP contribution in [0.1, 0.15) is 19.3 Å². The van der Waals surface area contributed by atoms with Crippen molar-refractivity contribution in [1.29, 1.82) is 0 Å². The van der Waals surface area contributed by atoms with Crippen LogP contribution in [0.2, 0.25) is 0 Å². The van der Waals surface area contributed by atoms with Gasteiger partial charge in [-0.15, -0.1) is 12.4 Å². The van der Waals surface area contributed by atoms with Crippen LogP contribution in [-0.2, 0) is 4.79 Å². The molecule has 2 aliphatic rings. The molecule has 0 bridgehead atoms. The van der Waals surface area contributed by atoms with Crippen LogP contribution >= 0.6 is 12.4 Å². The normalized spacial score (nSPS) is 22.7. The molecule has 0 radical (unpaired) electrons. The van der Waals surface area contributed by atoms with Gasteiger partial charge in [-0.2, -0.15) is 8.78 Å². The first-order chi connectivity index (χ1) is 8.37. The fourth-order valence-electron chi connectivity index (χ4n) is 2.78. The predicted octanol–water partition coefficient (Wildman–Crippen LogP) is 1.91. The summed E-state index contributed by atoms with van der Waals surface area (Å²) in [5.41, 5.74) is -0.154. The highest BCUT2D eigenvalue weighted by atomic mass is 35.5. The second-order valence-electron chi connectivity index (χ2n) is 5.15. The van der Waals surface area contributed by atoms with Crippen molar-refractivity contribution in [1.82, 2.24) is 10.2 Å². The second kappa shape index (κ2) is 5.83. The van der Waals surface area contributed by atoms with Gasteiger partial charge in [0.15, 0.2) is 0 Å². The largest absolute Gasteiger partial charge is 0.383 e. The molecule has 19 heavy (non-hydrogen) atoms.